The summed E-state index contributed by atoms with van der Waals surface area (Å²) in [5.41, 5.74) is 9.07. The summed E-state index contributed by atoms with van der Waals surface area (Å²) in [4.78, 5) is 29.5. The van der Waals surface area contributed by atoms with E-state index >= 15 is 0 Å². The SMILES string of the molecule is CC(C)(C)NC(=O)N1CCN2C(C3CC3)=C(c3ccccc3)C(C(N)=O)C2C1. The van der Waals surface area contributed by atoms with Crippen LogP contribution in [-0.2, 0) is 4.79 Å². The van der Waals surface area contributed by atoms with Gasteiger partial charge >= 0.3 is 6.03 Å². The Kier molecular flexibility index (Phi) is 4.60. The lowest BCUT2D eigenvalue weighted by atomic mass is 9.87. The summed E-state index contributed by atoms with van der Waals surface area (Å²) in [5, 5.41) is 3.04. The van der Waals surface area contributed by atoms with Crippen molar-refractivity contribution in [3.8, 4) is 0 Å². The van der Waals surface area contributed by atoms with E-state index in [0.29, 0.717) is 19.0 Å². The van der Waals surface area contributed by atoms with Gasteiger partial charge in [0.1, 0.15) is 0 Å². The fraction of sp³-hybridized carbons (Fsp3) is 0.545. The van der Waals surface area contributed by atoms with Gasteiger partial charge in [-0.05, 0) is 50.7 Å². The minimum Gasteiger partial charge on any atom is -0.369 e. The summed E-state index contributed by atoms with van der Waals surface area (Å²) in [7, 11) is 0. The first-order chi connectivity index (χ1) is 13.3. The molecule has 6 heteroatoms. The summed E-state index contributed by atoms with van der Waals surface area (Å²) >= 11 is 0. The molecule has 150 valence electrons. The predicted octanol–water partition coefficient (Wildman–Crippen LogP) is 2.42. The standard InChI is InChI=1S/C22H30N4O2/c1-22(2,3)24-21(28)25-11-12-26-16(13-25)18(20(23)27)17(19(26)15-9-10-15)14-7-5-4-6-8-14/h4-8,15-16,18H,9-13H2,1-3H3,(H2,23,27)(H,24,28). The van der Waals surface area contributed by atoms with Crippen molar-refractivity contribution in [2.45, 2.75) is 45.2 Å². The molecule has 0 aromatic heterocycles. The summed E-state index contributed by atoms with van der Waals surface area (Å²) in [6.45, 7) is 7.84. The average molecular weight is 383 g/mol. The Morgan fingerprint density at radius 2 is 1.79 bits per heavy atom. The maximum absolute atomic E-state index is 12.7. The van der Waals surface area contributed by atoms with Gasteiger partial charge in [0.2, 0.25) is 5.91 Å². The maximum Gasteiger partial charge on any atom is 0.317 e. The van der Waals surface area contributed by atoms with E-state index in [-0.39, 0.29) is 29.4 Å². The Morgan fingerprint density at radius 3 is 2.36 bits per heavy atom. The molecule has 3 N–H and O–H groups in total. The van der Waals surface area contributed by atoms with Crippen LogP contribution in [0, 0.1) is 11.8 Å². The molecular weight excluding hydrogens is 352 g/mol. The van der Waals surface area contributed by atoms with Gasteiger partial charge in [-0.25, -0.2) is 4.79 Å². The Bertz CT molecular complexity index is 808. The lowest BCUT2D eigenvalue weighted by Crippen LogP contribution is -2.59. The third-order valence-electron chi connectivity index (χ3n) is 5.82. The second-order valence-electron chi connectivity index (χ2n) is 9.21. The number of nitrogens with two attached hydrogens (primary N) is 1. The first-order valence-corrected chi connectivity index (χ1v) is 10.2. The number of benzene rings is 1. The average Bonchev–Trinajstić information content (AvgIpc) is 3.40. The van der Waals surface area contributed by atoms with E-state index in [1.54, 1.807) is 0 Å². The molecule has 2 atom stereocenters. The molecule has 1 saturated heterocycles. The zero-order valence-corrected chi connectivity index (χ0v) is 16.9. The summed E-state index contributed by atoms with van der Waals surface area (Å²) in [6.07, 6.45) is 2.32. The number of rotatable bonds is 3. The fourth-order valence-corrected chi connectivity index (χ4v) is 4.57. The third kappa shape index (κ3) is 3.48. The van der Waals surface area contributed by atoms with E-state index in [9.17, 15) is 9.59 Å². The Balaban J connectivity index is 1.67. The largest absolute Gasteiger partial charge is 0.369 e. The molecule has 1 aliphatic carbocycles. The summed E-state index contributed by atoms with van der Waals surface area (Å²) < 4.78 is 0. The molecule has 2 aliphatic heterocycles. The molecule has 6 nitrogen and oxygen atoms in total. The minimum absolute atomic E-state index is 0.0727. The van der Waals surface area contributed by atoms with Crippen LogP contribution in [0.2, 0.25) is 0 Å². The first kappa shape index (κ1) is 18.8. The van der Waals surface area contributed by atoms with Gasteiger partial charge in [0, 0.05) is 30.9 Å². The van der Waals surface area contributed by atoms with Gasteiger partial charge in [0.15, 0.2) is 0 Å². The third-order valence-corrected chi connectivity index (χ3v) is 5.82. The van der Waals surface area contributed by atoms with Crippen LogP contribution in [-0.4, -0.2) is 53.0 Å². The number of allylic oxidation sites excluding steroid dienone is 1. The molecule has 2 heterocycles. The van der Waals surface area contributed by atoms with E-state index in [1.807, 2.05) is 43.9 Å². The van der Waals surface area contributed by atoms with Crippen LogP contribution in [0.15, 0.2) is 36.0 Å². The van der Waals surface area contributed by atoms with Crippen LogP contribution in [0.4, 0.5) is 4.79 Å². The van der Waals surface area contributed by atoms with Gasteiger partial charge in [-0.2, -0.15) is 0 Å². The highest BCUT2D eigenvalue weighted by atomic mass is 16.2. The van der Waals surface area contributed by atoms with E-state index in [2.05, 4.69) is 22.3 Å². The van der Waals surface area contributed by atoms with Crippen molar-refractivity contribution in [1.82, 2.24) is 15.1 Å². The quantitative estimate of drug-likeness (QED) is 0.843. The number of carbonyl (C=O) groups excluding carboxylic acids is 2. The molecule has 1 aromatic rings. The van der Waals surface area contributed by atoms with Crippen molar-refractivity contribution in [3.05, 3.63) is 41.6 Å². The summed E-state index contributed by atoms with van der Waals surface area (Å²) in [6, 6.07) is 9.98. The van der Waals surface area contributed by atoms with Crippen LogP contribution >= 0.6 is 0 Å². The molecule has 2 fully saturated rings. The van der Waals surface area contributed by atoms with E-state index in [0.717, 1.165) is 30.5 Å². The molecule has 3 amide bonds. The van der Waals surface area contributed by atoms with Crippen molar-refractivity contribution in [1.29, 1.82) is 0 Å². The highest BCUT2D eigenvalue weighted by molar-refractivity contribution is 5.94. The molecule has 2 unspecified atom stereocenters. The molecule has 0 spiro atoms. The van der Waals surface area contributed by atoms with Crippen molar-refractivity contribution in [2.24, 2.45) is 17.6 Å². The smallest absolute Gasteiger partial charge is 0.317 e. The zero-order valence-electron chi connectivity index (χ0n) is 16.9. The van der Waals surface area contributed by atoms with Crippen molar-refractivity contribution in [3.63, 3.8) is 0 Å². The van der Waals surface area contributed by atoms with Crippen LogP contribution in [0.25, 0.3) is 5.57 Å². The maximum atomic E-state index is 12.7. The van der Waals surface area contributed by atoms with Crippen LogP contribution < -0.4 is 11.1 Å². The Morgan fingerprint density at radius 1 is 1.11 bits per heavy atom. The van der Waals surface area contributed by atoms with Crippen molar-refractivity contribution >= 4 is 17.5 Å². The van der Waals surface area contributed by atoms with Gasteiger partial charge < -0.3 is 20.9 Å². The van der Waals surface area contributed by atoms with Gasteiger partial charge in [0.05, 0.1) is 12.0 Å². The minimum atomic E-state index is -0.386. The van der Waals surface area contributed by atoms with Crippen LogP contribution in [0.5, 0.6) is 0 Å². The number of urea groups is 1. The number of carbonyl (C=O) groups is 2. The topological polar surface area (TPSA) is 78.7 Å². The monoisotopic (exact) mass is 382 g/mol. The van der Waals surface area contributed by atoms with Crippen molar-refractivity contribution in [2.75, 3.05) is 19.6 Å². The van der Waals surface area contributed by atoms with Crippen molar-refractivity contribution < 1.29 is 9.59 Å². The Hall–Kier alpha value is -2.50. The Labute approximate surface area is 166 Å². The molecule has 28 heavy (non-hydrogen) atoms. The number of nitrogens with zero attached hydrogens (tertiary/aromatic N) is 2. The van der Waals surface area contributed by atoms with E-state index in [1.165, 1.54) is 5.70 Å². The second kappa shape index (κ2) is 6.83. The lowest BCUT2D eigenvalue weighted by molar-refractivity contribution is -0.121. The number of nitrogens with one attached hydrogen (secondary N) is 1. The lowest BCUT2D eigenvalue weighted by Gasteiger charge is -2.42. The summed E-state index contributed by atoms with van der Waals surface area (Å²) in [5.74, 6) is -0.178. The highest BCUT2D eigenvalue weighted by Gasteiger charge is 2.50. The number of fused-ring (bicyclic) bond motifs is 1. The number of piperazine rings is 1. The highest BCUT2D eigenvalue weighted by Crippen LogP contribution is 2.51. The number of amides is 3. The molecule has 1 aromatic carbocycles. The van der Waals surface area contributed by atoms with Gasteiger partial charge in [0.25, 0.3) is 0 Å². The molecule has 1 saturated carbocycles. The van der Waals surface area contributed by atoms with E-state index in [4.69, 9.17) is 5.73 Å². The fourth-order valence-electron chi connectivity index (χ4n) is 4.57. The van der Waals surface area contributed by atoms with Gasteiger partial charge in [-0.15, -0.1) is 0 Å². The van der Waals surface area contributed by atoms with E-state index < -0.39 is 0 Å². The number of hydrogen-bond acceptors (Lipinski definition) is 3. The molecule has 3 aliphatic rings. The predicted molar refractivity (Wildman–Crippen MR) is 109 cm³/mol. The molecule has 4 rings (SSSR count). The second-order valence-corrected chi connectivity index (χ2v) is 9.21. The molecule has 0 bridgehead atoms. The number of hydrogen-bond donors (Lipinski definition) is 2. The number of primary amides is 1. The molecule has 0 radical (unpaired) electrons. The normalized spacial score (nSPS) is 25.0. The first-order valence-electron chi connectivity index (χ1n) is 10.2. The molecular formula is C22H30N4O2. The zero-order chi connectivity index (χ0) is 20.1. The van der Waals surface area contributed by atoms with Crippen LogP contribution in [0.1, 0.15) is 39.2 Å². The van der Waals surface area contributed by atoms with Gasteiger partial charge in [-0.1, -0.05) is 30.3 Å². The van der Waals surface area contributed by atoms with Gasteiger partial charge in [-0.3, -0.25) is 4.79 Å². The van der Waals surface area contributed by atoms with Crippen LogP contribution in [0.3, 0.4) is 0 Å².